The summed E-state index contributed by atoms with van der Waals surface area (Å²) >= 11 is 0. The summed E-state index contributed by atoms with van der Waals surface area (Å²) in [4.78, 5) is 35.0. The lowest BCUT2D eigenvalue weighted by molar-refractivity contribution is -0.384. The zero-order chi connectivity index (χ0) is 22.0. The second-order valence-electron chi connectivity index (χ2n) is 6.47. The highest BCUT2D eigenvalue weighted by atomic mass is 16.7. The molecular formula is C20H16N4O7. The highest BCUT2D eigenvalue weighted by Gasteiger charge is 2.17. The molecule has 0 aliphatic carbocycles. The minimum atomic E-state index is -0.570. The van der Waals surface area contributed by atoms with Crippen LogP contribution in [0.4, 0.5) is 11.4 Å². The Bertz CT molecular complexity index is 1240. The normalized spacial score (nSPS) is 11.8. The lowest BCUT2D eigenvalue weighted by atomic mass is 10.1. The molecule has 1 aliphatic heterocycles. The van der Waals surface area contributed by atoms with Crippen molar-refractivity contribution in [3.63, 3.8) is 0 Å². The fourth-order valence-corrected chi connectivity index (χ4v) is 2.99. The number of methoxy groups -OCH3 is 1. The molecule has 1 amide bonds. The molecule has 31 heavy (non-hydrogen) atoms. The lowest BCUT2D eigenvalue weighted by Gasteiger charge is -2.11. The number of nitrogens with one attached hydrogen (secondary N) is 1. The molecule has 1 aromatic heterocycles. The number of anilines is 1. The van der Waals surface area contributed by atoms with Gasteiger partial charge in [-0.25, -0.2) is 4.68 Å². The maximum atomic E-state index is 12.5. The van der Waals surface area contributed by atoms with Crippen LogP contribution in [-0.4, -0.2) is 34.5 Å². The van der Waals surface area contributed by atoms with Gasteiger partial charge < -0.3 is 19.5 Å². The molecule has 11 heteroatoms. The Balaban J connectivity index is 1.54. The number of rotatable bonds is 6. The van der Waals surface area contributed by atoms with E-state index in [-0.39, 0.29) is 30.5 Å². The standard InChI is InChI=1S/C20H16N4O7/c1-29-17-9-13(24(27)28)3-4-15(17)21-19(25)10-23-20(26)7-5-14(22-23)12-2-6-16-18(8-12)31-11-30-16/h2-9H,10-11H2,1H3,(H,21,25). The topological polar surface area (TPSA) is 135 Å². The van der Waals surface area contributed by atoms with Crippen molar-refractivity contribution in [2.75, 3.05) is 19.2 Å². The molecule has 0 saturated heterocycles. The number of carbonyl (C=O) groups is 1. The first-order valence-corrected chi connectivity index (χ1v) is 9.05. The van der Waals surface area contributed by atoms with Gasteiger partial charge in [0.05, 0.1) is 29.5 Å². The number of hydrogen-bond acceptors (Lipinski definition) is 8. The van der Waals surface area contributed by atoms with Crippen molar-refractivity contribution in [1.82, 2.24) is 9.78 Å². The Labute approximate surface area is 174 Å². The van der Waals surface area contributed by atoms with Crippen LogP contribution in [0.5, 0.6) is 17.2 Å². The van der Waals surface area contributed by atoms with Gasteiger partial charge in [0.1, 0.15) is 12.3 Å². The molecule has 0 radical (unpaired) electrons. The molecule has 0 spiro atoms. The summed E-state index contributed by atoms with van der Waals surface area (Å²) in [7, 11) is 1.33. The van der Waals surface area contributed by atoms with Crippen molar-refractivity contribution >= 4 is 17.3 Å². The average molecular weight is 424 g/mol. The van der Waals surface area contributed by atoms with Crippen molar-refractivity contribution in [3.05, 3.63) is 69.0 Å². The maximum absolute atomic E-state index is 12.5. The lowest BCUT2D eigenvalue weighted by Crippen LogP contribution is -2.29. The molecule has 1 aliphatic rings. The largest absolute Gasteiger partial charge is 0.494 e. The van der Waals surface area contributed by atoms with Gasteiger partial charge in [-0.3, -0.25) is 19.7 Å². The van der Waals surface area contributed by atoms with E-state index in [0.29, 0.717) is 22.8 Å². The summed E-state index contributed by atoms with van der Waals surface area (Å²) in [5, 5.41) is 17.7. The minimum absolute atomic E-state index is 0.122. The summed E-state index contributed by atoms with van der Waals surface area (Å²) in [6.07, 6.45) is 0. The number of benzene rings is 2. The van der Waals surface area contributed by atoms with E-state index in [0.717, 1.165) is 4.68 Å². The summed E-state index contributed by atoms with van der Waals surface area (Å²) in [5.74, 6) is 0.759. The first-order valence-electron chi connectivity index (χ1n) is 9.05. The number of ether oxygens (including phenoxy) is 3. The highest BCUT2D eigenvalue weighted by Crippen LogP contribution is 2.35. The van der Waals surface area contributed by atoms with E-state index >= 15 is 0 Å². The van der Waals surface area contributed by atoms with Crippen LogP contribution in [0, 0.1) is 10.1 Å². The van der Waals surface area contributed by atoms with E-state index in [1.807, 2.05) is 0 Å². The third-order valence-electron chi connectivity index (χ3n) is 4.50. The van der Waals surface area contributed by atoms with Gasteiger partial charge in [-0.05, 0) is 30.3 Å². The molecule has 0 saturated carbocycles. The minimum Gasteiger partial charge on any atom is -0.494 e. The summed E-state index contributed by atoms with van der Waals surface area (Å²) < 4.78 is 16.8. The zero-order valence-electron chi connectivity index (χ0n) is 16.2. The first-order chi connectivity index (χ1) is 14.9. The summed E-state index contributed by atoms with van der Waals surface area (Å²) in [6, 6.07) is 11.9. The van der Waals surface area contributed by atoms with Crippen molar-refractivity contribution in [1.29, 1.82) is 0 Å². The predicted molar refractivity (Wildman–Crippen MR) is 108 cm³/mol. The fraction of sp³-hybridized carbons (Fsp3) is 0.150. The van der Waals surface area contributed by atoms with E-state index < -0.39 is 16.4 Å². The molecule has 2 heterocycles. The van der Waals surface area contributed by atoms with E-state index in [9.17, 15) is 19.7 Å². The van der Waals surface area contributed by atoms with Gasteiger partial charge in [0.15, 0.2) is 11.5 Å². The van der Waals surface area contributed by atoms with Crippen molar-refractivity contribution in [2.24, 2.45) is 0 Å². The van der Waals surface area contributed by atoms with E-state index in [1.54, 1.807) is 24.3 Å². The monoisotopic (exact) mass is 424 g/mol. The Morgan fingerprint density at radius 3 is 2.77 bits per heavy atom. The molecule has 0 unspecified atom stereocenters. The Hall–Kier alpha value is -4.41. The van der Waals surface area contributed by atoms with Gasteiger partial charge in [-0.2, -0.15) is 5.10 Å². The predicted octanol–water partition coefficient (Wildman–Crippen LogP) is 2.19. The Kier molecular flexibility index (Phi) is 5.22. The maximum Gasteiger partial charge on any atom is 0.273 e. The fourth-order valence-electron chi connectivity index (χ4n) is 2.99. The molecule has 2 aromatic carbocycles. The second-order valence-corrected chi connectivity index (χ2v) is 6.47. The van der Waals surface area contributed by atoms with Gasteiger partial charge in [0.2, 0.25) is 12.7 Å². The molecule has 0 atom stereocenters. The van der Waals surface area contributed by atoms with Gasteiger partial charge in [0.25, 0.3) is 11.2 Å². The molecule has 4 rings (SSSR count). The van der Waals surface area contributed by atoms with Crippen LogP contribution in [0.15, 0.2) is 53.3 Å². The number of nitro benzene ring substituents is 1. The number of non-ortho nitro benzene ring substituents is 1. The summed E-state index contributed by atoms with van der Waals surface area (Å²) in [6.45, 7) is -0.227. The summed E-state index contributed by atoms with van der Waals surface area (Å²) in [5.41, 5.74) is 0.756. The number of aromatic nitrogens is 2. The van der Waals surface area contributed by atoms with Crippen LogP contribution in [0.25, 0.3) is 11.3 Å². The van der Waals surface area contributed by atoms with E-state index in [4.69, 9.17) is 14.2 Å². The Morgan fingerprint density at radius 2 is 2.00 bits per heavy atom. The first kappa shape index (κ1) is 19.9. The number of nitrogens with zero attached hydrogens (tertiary/aromatic N) is 3. The average Bonchev–Trinajstić information content (AvgIpc) is 3.23. The van der Waals surface area contributed by atoms with Gasteiger partial charge in [-0.1, -0.05) is 0 Å². The van der Waals surface area contributed by atoms with Crippen LogP contribution in [0.2, 0.25) is 0 Å². The SMILES string of the molecule is COc1cc([N+](=O)[O-])ccc1NC(=O)Cn1nc(-c2ccc3c(c2)OCO3)ccc1=O. The molecular weight excluding hydrogens is 408 g/mol. The molecule has 1 N–H and O–H groups in total. The van der Waals surface area contributed by atoms with Crippen LogP contribution in [-0.2, 0) is 11.3 Å². The zero-order valence-corrected chi connectivity index (χ0v) is 16.2. The molecule has 0 fully saturated rings. The van der Waals surface area contributed by atoms with Crippen LogP contribution < -0.4 is 25.1 Å². The third-order valence-corrected chi connectivity index (χ3v) is 4.50. The van der Waals surface area contributed by atoms with E-state index in [1.165, 1.54) is 31.4 Å². The number of fused-ring (bicyclic) bond motifs is 1. The number of carbonyl (C=O) groups excluding carboxylic acids is 1. The second kappa shape index (κ2) is 8.14. The quantitative estimate of drug-likeness (QED) is 0.470. The van der Waals surface area contributed by atoms with E-state index in [2.05, 4.69) is 10.4 Å². The van der Waals surface area contributed by atoms with Crippen LogP contribution in [0.3, 0.4) is 0 Å². The van der Waals surface area contributed by atoms with Crippen LogP contribution in [0.1, 0.15) is 0 Å². The Morgan fingerprint density at radius 1 is 1.19 bits per heavy atom. The number of amides is 1. The number of nitro groups is 1. The molecule has 158 valence electrons. The van der Waals surface area contributed by atoms with Gasteiger partial charge >= 0.3 is 0 Å². The molecule has 0 bridgehead atoms. The van der Waals surface area contributed by atoms with Crippen molar-refractivity contribution in [3.8, 4) is 28.5 Å². The van der Waals surface area contributed by atoms with Crippen molar-refractivity contribution < 1.29 is 23.9 Å². The molecule has 3 aromatic rings. The van der Waals surface area contributed by atoms with Gasteiger partial charge in [-0.15, -0.1) is 0 Å². The highest BCUT2D eigenvalue weighted by molar-refractivity contribution is 5.92. The number of hydrogen-bond donors (Lipinski definition) is 1. The van der Waals surface area contributed by atoms with Gasteiger partial charge in [0, 0.05) is 17.7 Å². The van der Waals surface area contributed by atoms with Crippen molar-refractivity contribution in [2.45, 2.75) is 6.54 Å². The molecule has 11 nitrogen and oxygen atoms in total. The van der Waals surface area contributed by atoms with Crippen LogP contribution >= 0.6 is 0 Å². The third kappa shape index (κ3) is 4.15. The smallest absolute Gasteiger partial charge is 0.273 e.